The third kappa shape index (κ3) is 3.55. The molecule has 0 radical (unpaired) electrons. The number of carbonyl (C=O) groups excluding carboxylic acids is 1. The number of nitrogens with zero attached hydrogens (tertiary/aromatic N) is 3. The number of piperidine rings is 1. The maximum atomic E-state index is 11.6. The van der Waals surface area contributed by atoms with Crippen LogP contribution in [0.1, 0.15) is 37.8 Å². The molecule has 1 aromatic carbocycles. The predicted octanol–water partition coefficient (Wildman–Crippen LogP) is 2.80. The Labute approximate surface area is 137 Å². The van der Waals surface area contributed by atoms with Crippen molar-refractivity contribution < 1.29 is 9.53 Å². The highest BCUT2D eigenvalue weighted by molar-refractivity contribution is 5.82. The van der Waals surface area contributed by atoms with Crippen LogP contribution in [0.25, 0.3) is 10.9 Å². The monoisotopic (exact) mass is 315 g/mol. The topological polar surface area (TPSA) is 47.4 Å². The Morgan fingerprint density at radius 1 is 1.30 bits per heavy atom. The normalized spacial score (nSPS) is 16.8. The van der Waals surface area contributed by atoms with Gasteiger partial charge in [0.2, 0.25) is 0 Å². The molecule has 1 aliphatic heterocycles. The zero-order chi connectivity index (χ0) is 16.2. The van der Waals surface area contributed by atoms with Crippen LogP contribution in [0.5, 0.6) is 0 Å². The van der Waals surface area contributed by atoms with Gasteiger partial charge in [-0.15, -0.1) is 0 Å². The first-order valence-electron chi connectivity index (χ1n) is 8.48. The van der Waals surface area contributed by atoms with E-state index >= 15 is 0 Å². The summed E-state index contributed by atoms with van der Waals surface area (Å²) in [4.78, 5) is 14.0. The van der Waals surface area contributed by atoms with E-state index in [4.69, 9.17) is 9.84 Å². The molecule has 0 aliphatic carbocycles. The molecule has 1 aliphatic rings. The molecule has 0 saturated carbocycles. The molecular formula is C18H25N3O2. The van der Waals surface area contributed by atoms with Crippen LogP contribution in [0.4, 0.5) is 0 Å². The van der Waals surface area contributed by atoms with E-state index in [1.807, 2.05) is 17.7 Å². The highest BCUT2D eigenvalue weighted by Gasteiger charge is 2.23. The zero-order valence-corrected chi connectivity index (χ0v) is 14.0. The van der Waals surface area contributed by atoms with Gasteiger partial charge in [0.15, 0.2) is 0 Å². The number of aryl methyl sites for hydroxylation is 1. The molecule has 1 fully saturated rings. The number of esters is 1. The van der Waals surface area contributed by atoms with E-state index in [-0.39, 0.29) is 5.97 Å². The van der Waals surface area contributed by atoms with E-state index in [2.05, 4.69) is 30.1 Å². The molecular weight excluding hydrogens is 290 g/mol. The number of likely N-dealkylation sites (tertiary alicyclic amines) is 1. The molecule has 0 atom stereocenters. The number of benzene rings is 1. The Morgan fingerprint density at radius 2 is 2.04 bits per heavy atom. The smallest absolute Gasteiger partial charge is 0.307 e. The van der Waals surface area contributed by atoms with Crippen molar-refractivity contribution in [1.82, 2.24) is 14.7 Å². The van der Waals surface area contributed by atoms with Gasteiger partial charge in [0.1, 0.15) is 0 Å². The van der Waals surface area contributed by atoms with Crippen molar-refractivity contribution in [2.45, 2.75) is 38.6 Å². The minimum absolute atomic E-state index is 0.159. The fourth-order valence-corrected chi connectivity index (χ4v) is 3.34. The fraction of sp³-hybridized carbons (Fsp3) is 0.556. The summed E-state index contributed by atoms with van der Waals surface area (Å²) in [5.74, 6) is 0.355. The summed E-state index contributed by atoms with van der Waals surface area (Å²) in [6.45, 7) is 5.08. The Balaban J connectivity index is 1.83. The van der Waals surface area contributed by atoms with Crippen molar-refractivity contribution in [3.05, 3.63) is 30.0 Å². The highest BCUT2D eigenvalue weighted by Crippen LogP contribution is 2.32. The third-order valence-corrected chi connectivity index (χ3v) is 4.62. The number of aromatic nitrogens is 2. The number of para-hydroxylation sites is 1. The van der Waals surface area contributed by atoms with Gasteiger partial charge in [0, 0.05) is 11.3 Å². The summed E-state index contributed by atoms with van der Waals surface area (Å²) in [7, 11) is 2.17. The Morgan fingerprint density at radius 3 is 2.78 bits per heavy atom. The average Bonchev–Trinajstić information content (AvgIpc) is 2.93. The van der Waals surface area contributed by atoms with Crippen molar-refractivity contribution in [2.24, 2.45) is 0 Å². The molecule has 0 bridgehead atoms. The van der Waals surface area contributed by atoms with Gasteiger partial charge in [0.25, 0.3) is 0 Å². The van der Waals surface area contributed by atoms with Gasteiger partial charge < -0.3 is 9.64 Å². The molecule has 0 amide bonds. The van der Waals surface area contributed by atoms with Crippen molar-refractivity contribution in [3.63, 3.8) is 0 Å². The van der Waals surface area contributed by atoms with Gasteiger partial charge in [-0.25, -0.2) is 0 Å². The summed E-state index contributed by atoms with van der Waals surface area (Å²) in [6, 6.07) is 8.34. The third-order valence-electron chi connectivity index (χ3n) is 4.62. The van der Waals surface area contributed by atoms with Crippen molar-refractivity contribution >= 4 is 16.9 Å². The lowest BCUT2D eigenvalue weighted by Crippen LogP contribution is -2.29. The number of ether oxygens (including phenoxy) is 1. The summed E-state index contributed by atoms with van der Waals surface area (Å²) in [5.41, 5.74) is 2.31. The molecule has 3 rings (SSSR count). The maximum absolute atomic E-state index is 11.6. The lowest BCUT2D eigenvalue weighted by Gasteiger charge is -2.28. The van der Waals surface area contributed by atoms with Crippen LogP contribution in [0.3, 0.4) is 0 Å². The first-order chi connectivity index (χ1) is 11.2. The average molecular weight is 315 g/mol. The minimum atomic E-state index is -0.159. The molecule has 0 N–H and O–H groups in total. The highest BCUT2D eigenvalue weighted by atomic mass is 16.5. The second kappa shape index (κ2) is 7.13. The number of fused-ring (bicyclic) bond motifs is 1. The minimum Gasteiger partial charge on any atom is -0.466 e. The first-order valence-corrected chi connectivity index (χ1v) is 8.48. The summed E-state index contributed by atoms with van der Waals surface area (Å²) in [5, 5.41) is 6.09. The van der Waals surface area contributed by atoms with E-state index in [0.717, 1.165) is 31.4 Å². The van der Waals surface area contributed by atoms with E-state index in [0.29, 0.717) is 25.5 Å². The number of hydrogen-bond acceptors (Lipinski definition) is 4. The van der Waals surface area contributed by atoms with Gasteiger partial charge in [-0.3, -0.25) is 9.48 Å². The van der Waals surface area contributed by atoms with Crippen LogP contribution in [0.2, 0.25) is 0 Å². The summed E-state index contributed by atoms with van der Waals surface area (Å²) in [6.07, 6.45) is 2.66. The molecule has 2 aromatic rings. The fourth-order valence-electron chi connectivity index (χ4n) is 3.34. The molecule has 23 heavy (non-hydrogen) atoms. The van der Waals surface area contributed by atoms with Crippen molar-refractivity contribution in [2.75, 3.05) is 26.7 Å². The molecule has 5 heteroatoms. The van der Waals surface area contributed by atoms with Crippen molar-refractivity contribution in [3.8, 4) is 0 Å². The Bertz CT molecular complexity index is 672. The Kier molecular flexibility index (Phi) is 4.96. The second-order valence-electron chi connectivity index (χ2n) is 6.26. The number of carbonyl (C=O) groups is 1. The summed E-state index contributed by atoms with van der Waals surface area (Å²) < 4.78 is 7.00. The van der Waals surface area contributed by atoms with Crippen LogP contribution in [0.15, 0.2) is 24.3 Å². The molecule has 0 spiro atoms. The lowest BCUT2D eigenvalue weighted by atomic mass is 9.92. The van der Waals surface area contributed by atoms with E-state index in [1.165, 1.54) is 11.1 Å². The molecule has 0 unspecified atom stereocenters. The first kappa shape index (κ1) is 16.0. The molecule has 124 valence electrons. The standard InChI is InChI=1S/C18H25N3O2/c1-3-23-17(22)10-13-21-16-7-5-4-6-15(16)18(19-21)14-8-11-20(2)12-9-14/h4-7,14H,3,8-13H2,1-2H3. The van der Waals surface area contributed by atoms with Crippen LogP contribution >= 0.6 is 0 Å². The van der Waals surface area contributed by atoms with Gasteiger partial charge in [0.05, 0.1) is 30.8 Å². The predicted molar refractivity (Wildman–Crippen MR) is 90.5 cm³/mol. The van der Waals surface area contributed by atoms with Crippen LogP contribution in [0, 0.1) is 0 Å². The van der Waals surface area contributed by atoms with Gasteiger partial charge in [-0.2, -0.15) is 5.10 Å². The van der Waals surface area contributed by atoms with Crippen molar-refractivity contribution in [1.29, 1.82) is 0 Å². The molecule has 1 saturated heterocycles. The van der Waals surface area contributed by atoms with E-state index < -0.39 is 0 Å². The van der Waals surface area contributed by atoms with Crippen LogP contribution < -0.4 is 0 Å². The quantitative estimate of drug-likeness (QED) is 0.796. The van der Waals surface area contributed by atoms with Crippen LogP contribution in [-0.2, 0) is 16.1 Å². The lowest BCUT2D eigenvalue weighted by molar-refractivity contribution is -0.143. The largest absolute Gasteiger partial charge is 0.466 e. The van der Waals surface area contributed by atoms with Gasteiger partial charge in [-0.05, 0) is 46.0 Å². The molecule has 1 aromatic heterocycles. The second-order valence-corrected chi connectivity index (χ2v) is 6.26. The van der Waals surface area contributed by atoms with E-state index in [1.54, 1.807) is 0 Å². The Hall–Kier alpha value is -1.88. The number of rotatable bonds is 5. The SMILES string of the molecule is CCOC(=O)CCn1nc(C2CCN(C)CC2)c2ccccc21. The van der Waals surface area contributed by atoms with Crippen LogP contribution in [-0.4, -0.2) is 47.4 Å². The van der Waals surface area contributed by atoms with Gasteiger partial charge in [-0.1, -0.05) is 18.2 Å². The number of hydrogen-bond donors (Lipinski definition) is 0. The maximum Gasteiger partial charge on any atom is 0.307 e. The molecule has 2 heterocycles. The zero-order valence-electron chi connectivity index (χ0n) is 14.0. The molecule has 5 nitrogen and oxygen atoms in total. The van der Waals surface area contributed by atoms with E-state index in [9.17, 15) is 4.79 Å². The summed E-state index contributed by atoms with van der Waals surface area (Å²) >= 11 is 0. The van der Waals surface area contributed by atoms with Gasteiger partial charge >= 0.3 is 5.97 Å².